The molecule has 0 unspecified atom stereocenters. The van der Waals surface area contributed by atoms with E-state index in [2.05, 4.69) is 0 Å². The van der Waals surface area contributed by atoms with Crippen LogP contribution < -0.4 is 4.74 Å². The average molecular weight is 279 g/mol. The SMILES string of the molecule is O=C(O)c1ccc([N+](=O)[O-])cc1OC1CCCCCC1. The third-order valence-corrected chi connectivity index (χ3v) is 3.50. The first kappa shape index (κ1) is 14.3. The molecule has 0 aromatic heterocycles. The molecule has 0 spiro atoms. The van der Waals surface area contributed by atoms with Crippen molar-refractivity contribution in [3.8, 4) is 5.75 Å². The number of carbonyl (C=O) groups is 1. The maximum Gasteiger partial charge on any atom is 0.339 e. The molecule has 1 aromatic carbocycles. The highest BCUT2D eigenvalue weighted by atomic mass is 16.6. The van der Waals surface area contributed by atoms with E-state index in [1.54, 1.807) is 0 Å². The standard InChI is InChI=1S/C14H17NO5/c16-14(17)12-8-7-10(15(18)19)9-13(12)20-11-5-3-1-2-4-6-11/h7-9,11H,1-6H2,(H,16,17). The van der Waals surface area contributed by atoms with Crippen LogP contribution in [0.25, 0.3) is 0 Å². The molecule has 0 heterocycles. The number of non-ortho nitro benzene ring substituents is 1. The summed E-state index contributed by atoms with van der Waals surface area (Å²) in [5, 5.41) is 19.9. The Morgan fingerprint density at radius 3 is 2.45 bits per heavy atom. The second-order valence-electron chi connectivity index (χ2n) is 4.97. The Morgan fingerprint density at radius 2 is 1.90 bits per heavy atom. The minimum absolute atomic E-state index is 0.0279. The average Bonchev–Trinajstić information content (AvgIpc) is 2.67. The molecule has 6 heteroatoms. The van der Waals surface area contributed by atoms with Gasteiger partial charge in [-0.15, -0.1) is 0 Å². The zero-order valence-corrected chi connectivity index (χ0v) is 11.1. The molecule has 1 aliphatic carbocycles. The number of benzene rings is 1. The van der Waals surface area contributed by atoms with Gasteiger partial charge in [0, 0.05) is 6.07 Å². The van der Waals surface area contributed by atoms with E-state index in [1.807, 2.05) is 0 Å². The van der Waals surface area contributed by atoms with Gasteiger partial charge in [-0.3, -0.25) is 10.1 Å². The van der Waals surface area contributed by atoms with Gasteiger partial charge in [-0.1, -0.05) is 12.8 Å². The van der Waals surface area contributed by atoms with Crippen LogP contribution in [0.3, 0.4) is 0 Å². The normalized spacial score (nSPS) is 16.4. The summed E-state index contributed by atoms with van der Waals surface area (Å²) in [6.07, 6.45) is 6.06. The number of hydrogen-bond acceptors (Lipinski definition) is 4. The lowest BCUT2D eigenvalue weighted by atomic mass is 10.1. The van der Waals surface area contributed by atoms with E-state index < -0.39 is 10.9 Å². The summed E-state index contributed by atoms with van der Waals surface area (Å²) in [6.45, 7) is 0. The van der Waals surface area contributed by atoms with E-state index in [-0.39, 0.29) is 23.1 Å². The molecule has 1 saturated carbocycles. The van der Waals surface area contributed by atoms with Crippen molar-refractivity contribution in [1.82, 2.24) is 0 Å². The van der Waals surface area contributed by atoms with Crippen molar-refractivity contribution in [2.24, 2.45) is 0 Å². The van der Waals surface area contributed by atoms with Gasteiger partial charge in [0.25, 0.3) is 5.69 Å². The fourth-order valence-corrected chi connectivity index (χ4v) is 2.44. The lowest BCUT2D eigenvalue weighted by Gasteiger charge is -2.18. The number of nitro benzene ring substituents is 1. The third-order valence-electron chi connectivity index (χ3n) is 3.50. The Labute approximate surface area is 116 Å². The maximum atomic E-state index is 11.2. The number of ether oxygens (including phenoxy) is 1. The zero-order valence-electron chi connectivity index (χ0n) is 11.1. The molecule has 0 aliphatic heterocycles. The number of nitrogens with zero attached hydrogens (tertiary/aromatic N) is 1. The first-order valence-corrected chi connectivity index (χ1v) is 6.76. The summed E-state index contributed by atoms with van der Waals surface area (Å²) in [4.78, 5) is 21.4. The monoisotopic (exact) mass is 279 g/mol. The fourth-order valence-electron chi connectivity index (χ4n) is 2.44. The first-order chi connectivity index (χ1) is 9.58. The zero-order chi connectivity index (χ0) is 14.5. The van der Waals surface area contributed by atoms with Gasteiger partial charge in [-0.05, 0) is 31.7 Å². The number of carboxylic acid groups (broad SMARTS) is 1. The highest BCUT2D eigenvalue weighted by molar-refractivity contribution is 5.91. The molecule has 1 fully saturated rings. The van der Waals surface area contributed by atoms with Crippen molar-refractivity contribution in [1.29, 1.82) is 0 Å². The number of nitro groups is 1. The summed E-state index contributed by atoms with van der Waals surface area (Å²) < 4.78 is 5.73. The Morgan fingerprint density at radius 1 is 1.25 bits per heavy atom. The summed E-state index contributed by atoms with van der Waals surface area (Å²) >= 11 is 0. The van der Waals surface area contributed by atoms with Crippen molar-refractivity contribution >= 4 is 11.7 Å². The largest absolute Gasteiger partial charge is 0.489 e. The molecule has 20 heavy (non-hydrogen) atoms. The van der Waals surface area contributed by atoms with Crippen molar-refractivity contribution in [2.45, 2.75) is 44.6 Å². The Bertz CT molecular complexity index is 506. The van der Waals surface area contributed by atoms with Gasteiger partial charge in [0.2, 0.25) is 0 Å². The number of hydrogen-bond donors (Lipinski definition) is 1. The molecule has 0 amide bonds. The number of rotatable bonds is 4. The quantitative estimate of drug-likeness (QED) is 0.518. The van der Waals surface area contributed by atoms with Crippen molar-refractivity contribution in [3.63, 3.8) is 0 Å². The van der Waals surface area contributed by atoms with E-state index in [1.165, 1.54) is 18.2 Å². The first-order valence-electron chi connectivity index (χ1n) is 6.76. The molecule has 108 valence electrons. The lowest BCUT2D eigenvalue weighted by molar-refractivity contribution is -0.385. The van der Waals surface area contributed by atoms with Crippen LogP contribution in [0, 0.1) is 10.1 Å². The van der Waals surface area contributed by atoms with E-state index in [9.17, 15) is 14.9 Å². The molecular formula is C14H17NO5. The van der Waals surface area contributed by atoms with Crippen LogP contribution in [-0.4, -0.2) is 22.1 Å². The Balaban J connectivity index is 2.24. The molecule has 0 atom stereocenters. The molecule has 2 rings (SSSR count). The second-order valence-corrected chi connectivity index (χ2v) is 4.97. The van der Waals surface area contributed by atoms with Crippen LogP contribution in [0.15, 0.2) is 18.2 Å². The van der Waals surface area contributed by atoms with E-state index in [0.717, 1.165) is 38.5 Å². The minimum Gasteiger partial charge on any atom is -0.489 e. The summed E-state index contributed by atoms with van der Waals surface area (Å²) in [6, 6.07) is 3.62. The Kier molecular flexibility index (Phi) is 4.55. The number of aromatic carboxylic acids is 1. The van der Waals surface area contributed by atoms with Crippen LogP contribution in [0.2, 0.25) is 0 Å². The van der Waals surface area contributed by atoms with Crippen LogP contribution in [0.4, 0.5) is 5.69 Å². The van der Waals surface area contributed by atoms with Crippen LogP contribution >= 0.6 is 0 Å². The summed E-state index contributed by atoms with van der Waals surface area (Å²) in [5.41, 5.74) is -0.182. The van der Waals surface area contributed by atoms with Gasteiger partial charge in [0.15, 0.2) is 0 Å². The highest BCUT2D eigenvalue weighted by Crippen LogP contribution is 2.29. The minimum atomic E-state index is -1.14. The molecular weight excluding hydrogens is 262 g/mol. The molecule has 1 N–H and O–H groups in total. The second kappa shape index (κ2) is 6.36. The van der Waals surface area contributed by atoms with Gasteiger partial charge in [0.05, 0.1) is 17.1 Å². The van der Waals surface area contributed by atoms with Gasteiger partial charge in [-0.25, -0.2) is 4.79 Å². The fraction of sp³-hybridized carbons (Fsp3) is 0.500. The highest BCUT2D eigenvalue weighted by Gasteiger charge is 2.20. The van der Waals surface area contributed by atoms with E-state index in [4.69, 9.17) is 9.84 Å². The van der Waals surface area contributed by atoms with Crippen LogP contribution in [-0.2, 0) is 0 Å². The van der Waals surface area contributed by atoms with Crippen molar-refractivity contribution < 1.29 is 19.6 Å². The smallest absolute Gasteiger partial charge is 0.339 e. The van der Waals surface area contributed by atoms with Crippen molar-refractivity contribution in [3.05, 3.63) is 33.9 Å². The van der Waals surface area contributed by atoms with Gasteiger partial charge >= 0.3 is 5.97 Å². The predicted octanol–water partition coefficient (Wildman–Crippen LogP) is 3.39. The molecule has 0 radical (unpaired) electrons. The predicted molar refractivity (Wildman–Crippen MR) is 72.2 cm³/mol. The molecule has 0 saturated heterocycles. The summed E-state index contributed by atoms with van der Waals surface area (Å²) in [5.74, 6) is -1.04. The third kappa shape index (κ3) is 3.46. The molecule has 6 nitrogen and oxygen atoms in total. The number of carboxylic acids is 1. The van der Waals surface area contributed by atoms with Gasteiger partial charge in [-0.2, -0.15) is 0 Å². The Hall–Kier alpha value is -2.11. The van der Waals surface area contributed by atoms with Gasteiger partial charge in [0.1, 0.15) is 11.3 Å². The molecule has 1 aliphatic rings. The van der Waals surface area contributed by atoms with Crippen LogP contribution in [0.1, 0.15) is 48.9 Å². The van der Waals surface area contributed by atoms with Crippen molar-refractivity contribution in [2.75, 3.05) is 0 Å². The van der Waals surface area contributed by atoms with Gasteiger partial charge < -0.3 is 9.84 Å². The molecule has 0 bridgehead atoms. The topological polar surface area (TPSA) is 89.7 Å². The summed E-state index contributed by atoms with van der Waals surface area (Å²) in [7, 11) is 0. The molecule has 1 aromatic rings. The van der Waals surface area contributed by atoms with Crippen LogP contribution in [0.5, 0.6) is 5.75 Å². The van der Waals surface area contributed by atoms with E-state index >= 15 is 0 Å². The van der Waals surface area contributed by atoms with E-state index in [0.29, 0.717) is 0 Å². The lowest BCUT2D eigenvalue weighted by Crippen LogP contribution is -2.17. The maximum absolute atomic E-state index is 11.2.